The van der Waals surface area contributed by atoms with Gasteiger partial charge in [0.15, 0.2) is 0 Å². The summed E-state index contributed by atoms with van der Waals surface area (Å²) >= 11 is 3.19. The van der Waals surface area contributed by atoms with Crippen LogP contribution in [0, 0.1) is 17.7 Å². The average molecular weight is 285 g/mol. The van der Waals surface area contributed by atoms with Crippen molar-refractivity contribution in [2.45, 2.75) is 13.3 Å². The van der Waals surface area contributed by atoms with Crippen LogP contribution in [0.5, 0.6) is 0 Å². The van der Waals surface area contributed by atoms with Crippen molar-refractivity contribution < 1.29 is 13.9 Å². The van der Waals surface area contributed by atoms with Crippen LogP contribution in [0.1, 0.15) is 18.9 Å². The summed E-state index contributed by atoms with van der Waals surface area (Å²) in [5.74, 6) is 4.75. The molecule has 0 saturated heterocycles. The molecule has 16 heavy (non-hydrogen) atoms. The number of benzene rings is 1. The molecule has 0 spiro atoms. The molecule has 0 radical (unpaired) electrons. The molecule has 0 amide bonds. The zero-order valence-corrected chi connectivity index (χ0v) is 10.3. The number of rotatable bonds is 2. The fraction of sp³-hybridized carbons (Fsp3) is 0.250. The summed E-state index contributed by atoms with van der Waals surface area (Å²) in [4.78, 5) is 11.0. The Bertz CT molecular complexity index is 446. The van der Waals surface area contributed by atoms with Crippen LogP contribution in [0.3, 0.4) is 0 Å². The van der Waals surface area contributed by atoms with Crippen molar-refractivity contribution in [2.24, 2.45) is 0 Å². The zero-order valence-electron chi connectivity index (χ0n) is 8.72. The Balaban J connectivity index is 2.66. The Hall–Kier alpha value is -1.34. The van der Waals surface area contributed by atoms with E-state index in [0.717, 1.165) is 0 Å². The second kappa shape index (κ2) is 6.29. The molecule has 0 aliphatic heterocycles. The van der Waals surface area contributed by atoms with Gasteiger partial charge in [0, 0.05) is 10.0 Å². The van der Waals surface area contributed by atoms with Crippen molar-refractivity contribution in [1.82, 2.24) is 0 Å². The number of halogens is 2. The van der Waals surface area contributed by atoms with Gasteiger partial charge >= 0.3 is 5.97 Å². The number of ether oxygens (including phenoxy) is 1. The fourth-order valence-electron chi connectivity index (χ4n) is 1.01. The standard InChI is InChI=1S/C12H10BrFO2/c1-2-16-12(15)5-3-4-9-6-7-10(14)8-11(9)13/h6-8H,2,5H2,1H3. The van der Waals surface area contributed by atoms with Crippen LogP contribution >= 0.6 is 15.9 Å². The van der Waals surface area contributed by atoms with Gasteiger partial charge in [-0.3, -0.25) is 4.79 Å². The molecule has 1 aromatic rings. The maximum atomic E-state index is 12.7. The van der Waals surface area contributed by atoms with E-state index in [0.29, 0.717) is 16.6 Å². The highest BCUT2D eigenvalue weighted by Crippen LogP contribution is 2.16. The van der Waals surface area contributed by atoms with E-state index in [1.807, 2.05) is 0 Å². The lowest BCUT2D eigenvalue weighted by Gasteiger charge is -1.96. The van der Waals surface area contributed by atoms with Crippen molar-refractivity contribution >= 4 is 21.9 Å². The molecule has 0 unspecified atom stereocenters. The van der Waals surface area contributed by atoms with E-state index in [4.69, 9.17) is 4.74 Å². The molecule has 0 bridgehead atoms. The molecule has 0 aliphatic carbocycles. The first-order valence-electron chi connectivity index (χ1n) is 4.73. The van der Waals surface area contributed by atoms with E-state index < -0.39 is 0 Å². The third-order valence-electron chi connectivity index (χ3n) is 1.69. The Kier molecular flexibility index (Phi) is 5.00. The quantitative estimate of drug-likeness (QED) is 0.617. The van der Waals surface area contributed by atoms with Gasteiger partial charge in [0.25, 0.3) is 0 Å². The number of hydrogen-bond acceptors (Lipinski definition) is 2. The Morgan fingerprint density at radius 2 is 2.31 bits per heavy atom. The fourth-order valence-corrected chi connectivity index (χ4v) is 1.46. The smallest absolute Gasteiger partial charge is 0.317 e. The number of carbonyl (C=O) groups excluding carboxylic acids is 1. The van der Waals surface area contributed by atoms with Gasteiger partial charge in [-0.25, -0.2) is 4.39 Å². The van der Waals surface area contributed by atoms with Crippen LogP contribution in [0.25, 0.3) is 0 Å². The van der Waals surface area contributed by atoms with E-state index in [1.165, 1.54) is 12.1 Å². The molecule has 0 saturated carbocycles. The van der Waals surface area contributed by atoms with Crippen LogP contribution < -0.4 is 0 Å². The van der Waals surface area contributed by atoms with Crippen LogP contribution in [0.2, 0.25) is 0 Å². The predicted molar refractivity (Wildman–Crippen MR) is 62.2 cm³/mol. The van der Waals surface area contributed by atoms with Gasteiger partial charge < -0.3 is 4.74 Å². The molecule has 2 nitrogen and oxygen atoms in total. The molecule has 0 fully saturated rings. The minimum absolute atomic E-state index is 0.0393. The number of esters is 1. The van der Waals surface area contributed by atoms with Crippen LogP contribution in [0.15, 0.2) is 22.7 Å². The SMILES string of the molecule is CCOC(=O)CC#Cc1ccc(F)cc1Br. The van der Waals surface area contributed by atoms with Crippen LogP contribution in [-0.2, 0) is 9.53 Å². The summed E-state index contributed by atoms with van der Waals surface area (Å²) in [6.45, 7) is 2.09. The molecule has 0 aliphatic rings. The number of hydrogen-bond donors (Lipinski definition) is 0. The van der Waals surface area contributed by atoms with Gasteiger partial charge in [-0.15, -0.1) is 0 Å². The average Bonchev–Trinajstić information content (AvgIpc) is 2.22. The monoisotopic (exact) mass is 284 g/mol. The van der Waals surface area contributed by atoms with E-state index in [9.17, 15) is 9.18 Å². The van der Waals surface area contributed by atoms with Gasteiger partial charge in [0.2, 0.25) is 0 Å². The molecular weight excluding hydrogens is 275 g/mol. The predicted octanol–water partition coefficient (Wildman–Crippen LogP) is 2.89. The minimum Gasteiger partial charge on any atom is -0.465 e. The van der Waals surface area contributed by atoms with Gasteiger partial charge in [0.05, 0.1) is 6.61 Å². The molecule has 0 atom stereocenters. The van der Waals surface area contributed by atoms with Crippen LogP contribution in [-0.4, -0.2) is 12.6 Å². The Morgan fingerprint density at radius 1 is 1.56 bits per heavy atom. The first kappa shape index (κ1) is 12.7. The molecule has 0 heterocycles. The maximum absolute atomic E-state index is 12.7. The summed E-state index contributed by atoms with van der Waals surface area (Å²) in [5.41, 5.74) is 0.644. The highest BCUT2D eigenvalue weighted by molar-refractivity contribution is 9.10. The van der Waals surface area contributed by atoms with Gasteiger partial charge in [-0.2, -0.15) is 0 Å². The maximum Gasteiger partial charge on any atom is 0.317 e. The second-order valence-electron chi connectivity index (χ2n) is 2.91. The minimum atomic E-state index is -0.353. The normalized spacial score (nSPS) is 9.19. The molecule has 0 N–H and O–H groups in total. The van der Waals surface area contributed by atoms with Gasteiger partial charge in [-0.1, -0.05) is 11.8 Å². The highest BCUT2D eigenvalue weighted by atomic mass is 79.9. The van der Waals surface area contributed by atoms with Crippen molar-refractivity contribution in [3.8, 4) is 11.8 Å². The molecule has 0 aromatic heterocycles. The summed E-state index contributed by atoms with van der Waals surface area (Å²) in [6, 6.07) is 4.20. The second-order valence-corrected chi connectivity index (χ2v) is 3.76. The van der Waals surface area contributed by atoms with E-state index in [1.54, 1.807) is 13.0 Å². The lowest BCUT2D eigenvalue weighted by Crippen LogP contribution is -2.01. The summed E-state index contributed by atoms with van der Waals surface area (Å²) in [7, 11) is 0. The highest BCUT2D eigenvalue weighted by Gasteiger charge is 1.99. The van der Waals surface area contributed by atoms with Crippen LogP contribution in [0.4, 0.5) is 4.39 Å². The van der Waals surface area contributed by atoms with Crippen molar-refractivity contribution in [3.05, 3.63) is 34.1 Å². The third-order valence-corrected chi connectivity index (χ3v) is 2.35. The van der Waals surface area contributed by atoms with E-state index in [-0.39, 0.29) is 18.2 Å². The third kappa shape index (κ3) is 4.03. The van der Waals surface area contributed by atoms with Crippen molar-refractivity contribution in [2.75, 3.05) is 6.61 Å². The Labute approximate surface area is 102 Å². The largest absolute Gasteiger partial charge is 0.465 e. The zero-order chi connectivity index (χ0) is 12.0. The topological polar surface area (TPSA) is 26.3 Å². The molecule has 84 valence electrons. The summed E-state index contributed by atoms with van der Waals surface area (Å²) in [6.07, 6.45) is 0.0393. The number of carbonyl (C=O) groups is 1. The Morgan fingerprint density at radius 3 is 2.94 bits per heavy atom. The van der Waals surface area contributed by atoms with Crippen molar-refractivity contribution in [3.63, 3.8) is 0 Å². The first-order valence-corrected chi connectivity index (χ1v) is 5.52. The molecular formula is C12H10BrFO2. The molecule has 1 aromatic carbocycles. The first-order chi connectivity index (χ1) is 7.63. The summed E-state index contributed by atoms with van der Waals surface area (Å²) in [5, 5.41) is 0. The lowest BCUT2D eigenvalue weighted by atomic mass is 10.2. The van der Waals surface area contributed by atoms with Gasteiger partial charge in [0.1, 0.15) is 12.2 Å². The summed E-state index contributed by atoms with van der Waals surface area (Å²) < 4.78 is 18.0. The van der Waals surface area contributed by atoms with Gasteiger partial charge in [-0.05, 0) is 41.1 Å². The molecule has 4 heteroatoms. The molecule has 1 rings (SSSR count). The van der Waals surface area contributed by atoms with Crippen molar-refractivity contribution in [1.29, 1.82) is 0 Å². The van der Waals surface area contributed by atoms with E-state index in [2.05, 4.69) is 27.8 Å². The lowest BCUT2D eigenvalue weighted by molar-refractivity contribution is -0.141. The van der Waals surface area contributed by atoms with E-state index >= 15 is 0 Å².